The van der Waals surface area contributed by atoms with Crippen molar-refractivity contribution >= 4 is 0 Å². The largest absolute Gasteiger partial charge is 0.253 e. The summed E-state index contributed by atoms with van der Waals surface area (Å²) < 4.78 is 1.91. The minimum atomic E-state index is 0.329. The molecule has 0 radical (unpaired) electrons. The normalized spacial score (nSPS) is 10.9. The highest BCUT2D eigenvalue weighted by atomic mass is 15.4. The molecule has 2 aromatic heterocycles. The Kier molecular flexibility index (Phi) is 2.49. The fraction of sp³-hybridized carbons (Fsp3) is 0.364. The molecule has 0 aromatic carbocycles. The number of nitrogens with zero attached hydrogens (tertiary/aromatic N) is 4. The van der Waals surface area contributed by atoms with E-state index in [0.717, 1.165) is 11.5 Å². The van der Waals surface area contributed by atoms with Gasteiger partial charge in [-0.25, -0.2) is 9.67 Å². The number of hydrogen-bond acceptors (Lipinski definition) is 3. The summed E-state index contributed by atoms with van der Waals surface area (Å²) in [5, 5.41) is 4.42. The molecule has 2 heterocycles. The van der Waals surface area contributed by atoms with Gasteiger partial charge in [-0.15, -0.1) is 5.10 Å². The van der Waals surface area contributed by atoms with Crippen LogP contribution in [0.2, 0.25) is 0 Å². The Balaban J connectivity index is 2.43. The van der Waals surface area contributed by atoms with Crippen molar-refractivity contribution in [3.8, 4) is 11.5 Å². The second-order valence-corrected chi connectivity index (χ2v) is 3.74. The molecule has 2 aromatic rings. The molecule has 4 heteroatoms. The van der Waals surface area contributed by atoms with Crippen molar-refractivity contribution in [1.82, 2.24) is 19.7 Å². The number of rotatable bonds is 2. The molecule has 0 atom stereocenters. The third-order valence-electron chi connectivity index (χ3n) is 2.18. The van der Waals surface area contributed by atoms with Crippen molar-refractivity contribution in [1.29, 1.82) is 0 Å². The predicted molar refractivity (Wildman–Crippen MR) is 58.4 cm³/mol. The Morgan fingerprint density at radius 1 is 1.27 bits per heavy atom. The first-order chi connectivity index (χ1) is 7.18. The number of aromatic nitrogens is 4. The van der Waals surface area contributed by atoms with E-state index in [2.05, 4.69) is 28.9 Å². The second-order valence-electron chi connectivity index (χ2n) is 3.74. The van der Waals surface area contributed by atoms with Crippen LogP contribution >= 0.6 is 0 Å². The van der Waals surface area contributed by atoms with E-state index >= 15 is 0 Å². The third-order valence-corrected chi connectivity index (χ3v) is 2.18. The first kappa shape index (κ1) is 9.83. The van der Waals surface area contributed by atoms with Crippen LogP contribution in [-0.2, 0) is 0 Å². The molecule has 0 unspecified atom stereocenters. The van der Waals surface area contributed by atoms with Gasteiger partial charge in [0.05, 0.1) is 0 Å². The molecule has 15 heavy (non-hydrogen) atoms. The lowest BCUT2D eigenvalue weighted by Gasteiger charge is -2.04. The molecule has 0 fully saturated rings. The molecular weight excluding hydrogens is 188 g/mol. The van der Waals surface area contributed by atoms with Gasteiger partial charge >= 0.3 is 0 Å². The van der Waals surface area contributed by atoms with E-state index in [0.29, 0.717) is 11.9 Å². The van der Waals surface area contributed by atoms with Gasteiger partial charge in [0, 0.05) is 12.2 Å². The van der Waals surface area contributed by atoms with Crippen molar-refractivity contribution in [2.75, 3.05) is 0 Å². The highest BCUT2D eigenvalue weighted by Crippen LogP contribution is 2.14. The summed E-state index contributed by atoms with van der Waals surface area (Å²) >= 11 is 0. The van der Waals surface area contributed by atoms with Crippen molar-refractivity contribution < 1.29 is 0 Å². The molecule has 0 amide bonds. The SMILES string of the molecule is Cc1nc(-c2ccccn2)nn1C(C)C. The maximum atomic E-state index is 4.42. The molecule has 0 spiro atoms. The van der Waals surface area contributed by atoms with E-state index in [9.17, 15) is 0 Å². The molecule has 0 aliphatic heterocycles. The number of pyridine rings is 1. The highest BCUT2D eigenvalue weighted by molar-refractivity contribution is 5.47. The summed E-state index contributed by atoms with van der Waals surface area (Å²) in [6, 6.07) is 6.07. The van der Waals surface area contributed by atoms with Gasteiger partial charge in [-0.3, -0.25) is 4.98 Å². The highest BCUT2D eigenvalue weighted by Gasteiger charge is 2.10. The zero-order valence-corrected chi connectivity index (χ0v) is 9.18. The summed E-state index contributed by atoms with van der Waals surface area (Å²) in [5.41, 5.74) is 0.819. The second kappa shape index (κ2) is 3.81. The van der Waals surface area contributed by atoms with E-state index in [1.807, 2.05) is 29.8 Å². The van der Waals surface area contributed by atoms with E-state index < -0.39 is 0 Å². The van der Waals surface area contributed by atoms with E-state index in [4.69, 9.17) is 0 Å². The van der Waals surface area contributed by atoms with Crippen LogP contribution in [-0.4, -0.2) is 19.7 Å². The molecule has 0 aliphatic carbocycles. The molecular formula is C11H14N4. The van der Waals surface area contributed by atoms with Crippen LogP contribution in [0, 0.1) is 6.92 Å². The topological polar surface area (TPSA) is 43.6 Å². The summed E-state index contributed by atoms with van der Waals surface area (Å²) in [4.78, 5) is 8.62. The molecule has 0 aliphatic rings. The van der Waals surface area contributed by atoms with Gasteiger partial charge < -0.3 is 0 Å². The lowest BCUT2D eigenvalue weighted by molar-refractivity contribution is 0.517. The monoisotopic (exact) mass is 202 g/mol. The smallest absolute Gasteiger partial charge is 0.200 e. The van der Waals surface area contributed by atoms with Gasteiger partial charge in [-0.05, 0) is 32.9 Å². The average Bonchev–Trinajstić information content (AvgIpc) is 2.62. The Bertz CT molecular complexity index is 445. The zero-order valence-electron chi connectivity index (χ0n) is 9.18. The van der Waals surface area contributed by atoms with Crippen LogP contribution in [0.4, 0.5) is 0 Å². The van der Waals surface area contributed by atoms with Gasteiger partial charge in [-0.1, -0.05) is 6.07 Å². The Morgan fingerprint density at radius 3 is 2.60 bits per heavy atom. The van der Waals surface area contributed by atoms with Crippen LogP contribution in [0.15, 0.2) is 24.4 Å². The Morgan fingerprint density at radius 2 is 2.07 bits per heavy atom. The summed E-state index contributed by atoms with van der Waals surface area (Å²) in [7, 11) is 0. The van der Waals surface area contributed by atoms with Crippen LogP contribution in [0.1, 0.15) is 25.7 Å². The minimum absolute atomic E-state index is 0.329. The summed E-state index contributed by atoms with van der Waals surface area (Å²) in [6.45, 7) is 6.13. The number of hydrogen-bond donors (Lipinski definition) is 0. The maximum absolute atomic E-state index is 4.42. The van der Waals surface area contributed by atoms with Crippen LogP contribution in [0.3, 0.4) is 0 Å². The van der Waals surface area contributed by atoms with Crippen LogP contribution in [0.5, 0.6) is 0 Å². The molecule has 4 nitrogen and oxygen atoms in total. The quantitative estimate of drug-likeness (QED) is 0.750. The average molecular weight is 202 g/mol. The van der Waals surface area contributed by atoms with Crippen molar-refractivity contribution in [2.45, 2.75) is 26.8 Å². The van der Waals surface area contributed by atoms with Crippen LogP contribution < -0.4 is 0 Å². The molecule has 2 rings (SSSR count). The third kappa shape index (κ3) is 1.88. The van der Waals surface area contributed by atoms with Gasteiger partial charge in [0.1, 0.15) is 11.5 Å². The van der Waals surface area contributed by atoms with Gasteiger partial charge in [0.15, 0.2) is 5.82 Å². The minimum Gasteiger partial charge on any atom is -0.253 e. The Hall–Kier alpha value is -1.71. The van der Waals surface area contributed by atoms with E-state index in [1.165, 1.54) is 0 Å². The van der Waals surface area contributed by atoms with Gasteiger partial charge in [0.2, 0.25) is 0 Å². The summed E-state index contributed by atoms with van der Waals surface area (Å²) in [5.74, 6) is 1.62. The lowest BCUT2D eigenvalue weighted by atomic mass is 10.3. The fourth-order valence-electron chi connectivity index (χ4n) is 1.49. The van der Waals surface area contributed by atoms with Crippen molar-refractivity contribution in [3.63, 3.8) is 0 Å². The fourth-order valence-corrected chi connectivity index (χ4v) is 1.49. The van der Waals surface area contributed by atoms with Crippen LogP contribution in [0.25, 0.3) is 11.5 Å². The standard InChI is InChI=1S/C11H14N4/c1-8(2)15-9(3)13-11(14-15)10-6-4-5-7-12-10/h4-8H,1-3H3. The van der Waals surface area contributed by atoms with Gasteiger partial charge in [0.25, 0.3) is 0 Å². The zero-order chi connectivity index (χ0) is 10.8. The first-order valence-corrected chi connectivity index (χ1v) is 5.03. The first-order valence-electron chi connectivity index (χ1n) is 5.03. The maximum Gasteiger partial charge on any atom is 0.200 e. The molecule has 78 valence electrons. The van der Waals surface area contributed by atoms with E-state index in [1.54, 1.807) is 6.20 Å². The summed E-state index contributed by atoms with van der Waals surface area (Å²) in [6.07, 6.45) is 1.75. The van der Waals surface area contributed by atoms with E-state index in [-0.39, 0.29) is 0 Å². The van der Waals surface area contributed by atoms with Gasteiger partial charge in [-0.2, -0.15) is 0 Å². The predicted octanol–water partition coefficient (Wildman–Crippen LogP) is 2.23. The molecule has 0 saturated heterocycles. The molecule has 0 saturated carbocycles. The van der Waals surface area contributed by atoms with Crippen molar-refractivity contribution in [3.05, 3.63) is 30.2 Å². The van der Waals surface area contributed by atoms with Crippen molar-refractivity contribution in [2.24, 2.45) is 0 Å². The molecule has 0 N–H and O–H groups in total. The molecule has 0 bridgehead atoms. The number of aryl methyl sites for hydroxylation is 1. The lowest BCUT2D eigenvalue weighted by Crippen LogP contribution is -2.04. The Labute approximate surface area is 89.0 Å².